The van der Waals surface area contributed by atoms with E-state index in [0.717, 1.165) is 10.0 Å². The SMILES string of the molecule is C[C@@]1(C(N)=O)O[C@H]1c1ccc(Br)cc1. The first-order chi connectivity index (χ1) is 6.54. The zero-order valence-corrected chi connectivity index (χ0v) is 9.24. The van der Waals surface area contributed by atoms with Crippen molar-refractivity contribution in [3.8, 4) is 0 Å². The number of hydrogen-bond donors (Lipinski definition) is 1. The van der Waals surface area contributed by atoms with E-state index in [-0.39, 0.29) is 6.10 Å². The Morgan fingerprint density at radius 2 is 2.07 bits per heavy atom. The summed E-state index contributed by atoms with van der Waals surface area (Å²) in [7, 11) is 0. The number of halogens is 1. The minimum absolute atomic E-state index is 0.187. The molecule has 2 atom stereocenters. The Balaban J connectivity index is 2.21. The molecule has 14 heavy (non-hydrogen) atoms. The van der Waals surface area contributed by atoms with E-state index in [4.69, 9.17) is 10.5 Å². The van der Waals surface area contributed by atoms with E-state index in [2.05, 4.69) is 15.9 Å². The molecule has 0 aliphatic carbocycles. The summed E-state index contributed by atoms with van der Waals surface area (Å²) >= 11 is 3.34. The monoisotopic (exact) mass is 255 g/mol. The zero-order chi connectivity index (χ0) is 10.3. The van der Waals surface area contributed by atoms with Gasteiger partial charge in [-0.2, -0.15) is 0 Å². The quantitative estimate of drug-likeness (QED) is 0.820. The number of amides is 1. The van der Waals surface area contributed by atoms with E-state index in [1.807, 2.05) is 24.3 Å². The van der Waals surface area contributed by atoms with Gasteiger partial charge in [0.2, 0.25) is 0 Å². The van der Waals surface area contributed by atoms with Crippen LogP contribution < -0.4 is 5.73 Å². The highest BCUT2D eigenvalue weighted by Crippen LogP contribution is 2.49. The maximum atomic E-state index is 11.0. The first-order valence-electron chi connectivity index (χ1n) is 4.27. The maximum absolute atomic E-state index is 11.0. The lowest BCUT2D eigenvalue weighted by molar-refractivity contribution is -0.122. The van der Waals surface area contributed by atoms with Crippen molar-refractivity contribution in [1.29, 1.82) is 0 Å². The molecule has 0 bridgehead atoms. The molecular weight excluding hydrogens is 246 g/mol. The highest BCUT2D eigenvalue weighted by atomic mass is 79.9. The smallest absolute Gasteiger partial charge is 0.252 e. The van der Waals surface area contributed by atoms with Gasteiger partial charge < -0.3 is 10.5 Å². The Morgan fingerprint density at radius 3 is 2.50 bits per heavy atom. The van der Waals surface area contributed by atoms with Crippen LogP contribution in [0.1, 0.15) is 18.6 Å². The lowest BCUT2D eigenvalue weighted by atomic mass is 10.0. The molecule has 4 heteroatoms. The highest BCUT2D eigenvalue weighted by Gasteiger charge is 2.58. The number of nitrogens with two attached hydrogens (primary N) is 1. The van der Waals surface area contributed by atoms with E-state index in [1.54, 1.807) is 6.92 Å². The van der Waals surface area contributed by atoms with E-state index in [9.17, 15) is 4.79 Å². The summed E-state index contributed by atoms with van der Waals surface area (Å²) in [6.07, 6.45) is -0.187. The minimum atomic E-state index is -0.812. The van der Waals surface area contributed by atoms with E-state index in [0.29, 0.717) is 0 Å². The largest absolute Gasteiger partial charge is 0.367 e. The summed E-state index contributed by atoms with van der Waals surface area (Å²) in [5.41, 5.74) is 5.39. The highest BCUT2D eigenvalue weighted by molar-refractivity contribution is 9.10. The minimum Gasteiger partial charge on any atom is -0.367 e. The van der Waals surface area contributed by atoms with E-state index < -0.39 is 11.5 Å². The molecule has 1 saturated heterocycles. The first-order valence-corrected chi connectivity index (χ1v) is 5.06. The van der Waals surface area contributed by atoms with E-state index >= 15 is 0 Å². The average molecular weight is 256 g/mol. The van der Waals surface area contributed by atoms with Crippen LogP contribution in [0.3, 0.4) is 0 Å². The van der Waals surface area contributed by atoms with Crippen LogP contribution in [-0.2, 0) is 9.53 Å². The Bertz CT molecular complexity index is 376. The summed E-state index contributed by atoms with van der Waals surface area (Å²) in [5, 5.41) is 0. The first kappa shape index (κ1) is 9.68. The summed E-state index contributed by atoms with van der Waals surface area (Å²) in [6, 6.07) is 7.67. The molecule has 1 fully saturated rings. The number of primary amides is 1. The predicted molar refractivity (Wildman–Crippen MR) is 55.6 cm³/mol. The van der Waals surface area contributed by atoms with Crippen LogP contribution in [0.2, 0.25) is 0 Å². The average Bonchev–Trinajstić information content (AvgIpc) is 2.81. The number of hydrogen-bond acceptors (Lipinski definition) is 2. The topological polar surface area (TPSA) is 55.6 Å². The molecule has 3 nitrogen and oxygen atoms in total. The third-order valence-electron chi connectivity index (χ3n) is 2.47. The number of benzene rings is 1. The van der Waals surface area contributed by atoms with Gasteiger partial charge in [0.25, 0.3) is 5.91 Å². The number of carbonyl (C=O) groups excluding carboxylic acids is 1. The van der Waals surface area contributed by atoms with Gasteiger partial charge in [0.15, 0.2) is 5.60 Å². The molecule has 1 aliphatic heterocycles. The molecule has 74 valence electrons. The van der Waals surface area contributed by atoms with Gasteiger partial charge in [0.05, 0.1) is 0 Å². The molecule has 0 spiro atoms. The summed E-state index contributed by atoms with van der Waals surface area (Å²) in [5.74, 6) is -0.412. The van der Waals surface area contributed by atoms with Crippen molar-refractivity contribution in [1.82, 2.24) is 0 Å². The summed E-state index contributed by atoms with van der Waals surface area (Å²) < 4.78 is 6.30. The van der Waals surface area contributed by atoms with Crippen molar-refractivity contribution in [2.24, 2.45) is 5.73 Å². The normalized spacial score (nSPS) is 30.0. The van der Waals surface area contributed by atoms with Crippen LogP contribution in [-0.4, -0.2) is 11.5 Å². The number of epoxide rings is 1. The Labute approximate surface area is 90.4 Å². The molecule has 0 aromatic heterocycles. The van der Waals surface area contributed by atoms with Crippen LogP contribution in [0.4, 0.5) is 0 Å². The fourth-order valence-corrected chi connectivity index (χ4v) is 1.69. The number of rotatable bonds is 2. The summed E-state index contributed by atoms with van der Waals surface area (Å²) in [4.78, 5) is 11.0. The Morgan fingerprint density at radius 1 is 1.50 bits per heavy atom. The molecule has 0 saturated carbocycles. The van der Waals surface area contributed by atoms with Crippen LogP contribution in [0.25, 0.3) is 0 Å². The van der Waals surface area contributed by atoms with Crippen molar-refractivity contribution < 1.29 is 9.53 Å². The fourth-order valence-electron chi connectivity index (χ4n) is 1.42. The van der Waals surface area contributed by atoms with Gasteiger partial charge in [0.1, 0.15) is 6.10 Å². The number of ether oxygens (including phenoxy) is 1. The van der Waals surface area contributed by atoms with Crippen molar-refractivity contribution in [2.45, 2.75) is 18.6 Å². The molecule has 1 aromatic carbocycles. The van der Waals surface area contributed by atoms with Crippen LogP contribution in [0.5, 0.6) is 0 Å². The molecule has 1 aromatic rings. The molecule has 0 unspecified atom stereocenters. The molecule has 0 radical (unpaired) electrons. The molecule has 1 amide bonds. The van der Waals surface area contributed by atoms with Gasteiger partial charge in [-0.05, 0) is 24.6 Å². The van der Waals surface area contributed by atoms with Crippen LogP contribution in [0, 0.1) is 0 Å². The van der Waals surface area contributed by atoms with Crippen molar-refractivity contribution >= 4 is 21.8 Å². The number of carbonyl (C=O) groups is 1. The van der Waals surface area contributed by atoms with Crippen LogP contribution in [0.15, 0.2) is 28.7 Å². The molecular formula is C10H10BrNO2. The van der Waals surface area contributed by atoms with Crippen LogP contribution >= 0.6 is 15.9 Å². The second-order valence-corrected chi connectivity index (χ2v) is 4.44. The zero-order valence-electron chi connectivity index (χ0n) is 7.66. The third-order valence-corrected chi connectivity index (χ3v) is 3.00. The lowest BCUT2D eigenvalue weighted by Crippen LogP contribution is -2.29. The van der Waals surface area contributed by atoms with Crippen molar-refractivity contribution in [2.75, 3.05) is 0 Å². The predicted octanol–water partition coefficient (Wildman–Crippen LogP) is 1.76. The Kier molecular flexibility index (Phi) is 2.12. The fraction of sp³-hybridized carbons (Fsp3) is 0.300. The summed E-state index contributed by atoms with van der Waals surface area (Å²) in [6.45, 7) is 1.71. The standard InChI is InChI=1S/C10H10BrNO2/c1-10(9(12)13)8(14-10)6-2-4-7(11)5-3-6/h2-5,8H,1H3,(H2,12,13)/t8-,10+/m0/s1. The van der Waals surface area contributed by atoms with E-state index in [1.165, 1.54) is 0 Å². The van der Waals surface area contributed by atoms with Gasteiger partial charge in [-0.25, -0.2) is 0 Å². The second kappa shape index (κ2) is 3.07. The van der Waals surface area contributed by atoms with Gasteiger partial charge in [-0.15, -0.1) is 0 Å². The second-order valence-electron chi connectivity index (χ2n) is 3.52. The van der Waals surface area contributed by atoms with Gasteiger partial charge in [0, 0.05) is 4.47 Å². The Hall–Kier alpha value is -0.870. The maximum Gasteiger partial charge on any atom is 0.252 e. The third kappa shape index (κ3) is 1.44. The molecule has 2 N–H and O–H groups in total. The van der Waals surface area contributed by atoms with Crippen molar-refractivity contribution in [3.05, 3.63) is 34.3 Å². The molecule has 1 aliphatic rings. The van der Waals surface area contributed by atoms with Gasteiger partial charge in [-0.1, -0.05) is 28.1 Å². The molecule has 1 heterocycles. The van der Waals surface area contributed by atoms with Crippen molar-refractivity contribution in [3.63, 3.8) is 0 Å². The lowest BCUT2D eigenvalue weighted by Gasteiger charge is -2.00. The molecule has 2 rings (SSSR count). The van der Waals surface area contributed by atoms with Gasteiger partial charge >= 0.3 is 0 Å². The van der Waals surface area contributed by atoms with Gasteiger partial charge in [-0.3, -0.25) is 4.79 Å².